The Morgan fingerprint density at radius 3 is 2.47 bits per heavy atom. The van der Waals surface area contributed by atoms with Crippen LogP contribution in [0.4, 0.5) is 0 Å². The predicted molar refractivity (Wildman–Crippen MR) is 145 cm³/mol. The van der Waals surface area contributed by atoms with Crippen LogP contribution in [0.3, 0.4) is 0 Å². The summed E-state index contributed by atoms with van der Waals surface area (Å²) >= 11 is 6.25. The molecule has 0 radical (unpaired) electrons. The van der Waals surface area contributed by atoms with E-state index in [9.17, 15) is 14.7 Å². The van der Waals surface area contributed by atoms with Gasteiger partial charge >= 0.3 is 0 Å². The SMILES string of the molecule is C=CN(C)/C(=C\N)C(O)(c1cccc(C=O)c1)c1ccc2c(c1)c(-c1cccc(Cl)c1)cc(=O)n2C. The number of carbonyl (C=O) groups is 1. The number of aryl methyl sites for hydroxylation is 1. The molecule has 4 aromatic rings. The summed E-state index contributed by atoms with van der Waals surface area (Å²) in [6, 6.07) is 20.9. The monoisotopic (exact) mass is 499 g/mol. The molecule has 0 amide bonds. The average Bonchev–Trinajstić information content (AvgIpc) is 2.90. The molecule has 1 unspecified atom stereocenters. The van der Waals surface area contributed by atoms with Crippen molar-refractivity contribution in [1.29, 1.82) is 0 Å². The van der Waals surface area contributed by atoms with Crippen molar-refractivity contribution in [2.75, 3.05) is 7.05 Å². The molecule has 0 bridgehead atoms. The number of aldehydes is 1. The van der Waals surface area contributed by atoms with Gasteiger partial charge in [-0.2, -0.15) is 0 Å². The van der Waals surface area contributed by atoms with E-state index < -0.39 is 5.60 Å². The zero-order valence-electron chi connectivity index (χ0n) is 20.0. The van der Waals surface area contributed by atoms with Crippen LogP contribution in [0.1, 0.15) is 21.5 Å². The first-order valence-electron chi connectivity index (χ1n) is 11.2. The molecule has 0 spiro atoms. The lowest BCUT2D eigenvalue weighted by Crippen LogP contribution is -2.37. The third-order valence-corrected chi connectivity index (χ3v) is 6.66. The summed E-state index contributed by atoms with van der Waals surface area (Å²) in [4.78, 5) is 25.9. The quantitative estimate of drug-likeness (QED) is 0.357. The van der Waals surface area contributed by atoms with Crippen molar-refractivity contribution in [2.24, 2.45) is 12.8 Å². The van der Waals surface area contributed by atoms with Crippen molar-refractivity contribution in [3.63, 3.8) is 0 Å². The highest BCUT2D eigenvalue weighted by atomic mass is 35.5. The molecular formula is C29H26ClN3O3. The maximum Gasteiger partial charge on any atom is 0.251 e. The molecule has 0 aliphatic carbocycles. The molecule has 6 nitrogen and oxygen atoms in total. The van der Waals surface area contributed by atoms with Crippen LogP contribution in [0.5, 0.6) is 0 Å². The Bertz CT molecular complexity index is 1570. The van der Waals surface area contributed by atoms with Gasteiger partial charge in [-0.3, -0.25) is 9.59 Å². The zero-order valence-corrected chi connectivity index (χ0v) is 20.7. The fraction of sp³-hybridized carbons (Fsp3) is 0.103. The number of nitrogens with zero attached hydrogens (tertiary/aromatic N) is 2. The van der Waals surface area contributed by atoms with E-state index >= 15 is 0 Å². The van der Waals surface area contributed by atoms with Gasteiger partial charge in [-0.15, -0.1) is 0 Å². The van der Waals surface area contributed by atoms with Crippen LogP contribution in [-0.4, -0.2) is 27.9 Å². The molecule has 0 fully saturated rings. The van der Waals surface area contributed by atoms with E-state index in [0.29, 0.717) is 38.5 Å². The number of pyridine rings is 1. The van der Waals surface area contributed by atoms with E-state index in [1.807, 2.05) is 18.2 Å². The van der Waals surface area contributed by atoms with Crippen molar-refractivity contribution >= 4 is 28.8 Å². The van der Waals surface area contributed by atoms with Crippen LogP contribution in [0, 0.1) is 0 Å². The van der Waals surface area contributed by atoms with E-state index in [0.717, 1.165) is 17.2 Å². The Morgan fingerprint density at radius 1 is 1.08 bits per heavy atom. The second-order valence-electron chi connectivity index (χ2n) is 8.50. The van der Waals surface area contributed by atoms with Gasteiger partial charge in [-0.1, -0.05) is 54.6 Å². The molecule has 1 aromatic heterocycles. The van der Waals surface area contributed by atoms with Crippen LogP contribution in [0.25, 0.3) is 22.0 Å². The van der Waals surface area contributed by atoms with E-state index in [2.05, 4.69) is 6.58 Å². The zero-order chi connectivity index (χ0) is 26.0. The summed E-state index contributed by atoms with van der Waals surface area (Å²) in [5.74, 6) is 0. The van der Waals surface area contributed by atoms with Crippen LogP contribution in [-0.2, 0) is 12.6 Å². The minimum atomic E-state index is -1.74. The molecule has 4 rings (SSSR count). The summed E-state index contributed by atoms with van der Waals surface area (Å²) in [6.45, 7) is 3.81. The first-order valence-corrected chi connectivity index (χ1v) is 11.6. The van der Waals surface area contributed by atoms with Gasteiger partial charge in [-0.25, -0.2) is 0 Å². The Morgan fingerprint density at radius 2 is 1.81 bits per heavy atom. The molecule has 0 aliphatic rings. The number of aromatic nitrogens is 1. The minimum absolute atomic E-state index is 0.173. The van der Waals surface area contributed by atoms with Gasteiger partial charge in [0.1, 0.15) is 6.29 Å². The Kier molecular flexibility index (Phi) is 6.84. The number of halogens is 1. The van der Waals surface area contributed by atoms with Crippen LogP contribution < -0.4 is 11.3 Å². The lowest BCUT2D eigenvalue weighted by molar-refractivity contribution is 0.0966. The minimum Gasteiger partial charge on any atom is -0.403 e. The van der Waals surface area contributed by atoms with E-state index in [1.54, 1.807) is 78.2 Å². The lowest BCUT2D eigenvalue weighted by atomic mass is 9.81. The van der Waals surface area contributed by atoms with E-state index in [-0.39, 0.29) is 5.56 Å². The lowest BCUT2D eigenvalue weighted by Gasteiger charge is -2.36. The molecule has 3 N–H and O–H groups in total. The average molecular weight is 500 g/mol. The van der Waals surface area contributed by atoms with E-state index in [4.69, 9.17) is 17.3 Å². The fourth-order valence-corrected chi connectivity index (χ4v) is 4.66. The van der Waals surface area contributed by atoms with Crippen molar-refractivity contribution in [1.82, 2.24) is 9.47 Å². The standard InChI is InChI=1S/C29H26ClN3O3/c1-4-32(2)27(17-31)29(36,21-9-5-7-19(13-21)18-34)22-11-12-26-25(15-22)24(16-28(35)33(26)3)20-8-6-10-23(30)14-20/h4-18,36H,1,31H2,2-3H3/b27-17-. The maximum atomic E-state index is 12.8. The highest BCUT2D eigenvalue weighted by Crippen LogP contribution is 2.40. The first-order chi connectivity index (χ1) is 17.2. The van der Waals surface area contributed by atoms with Gasteiger partial charge in [0.25, 0.3) is 5.56 Å². The molecular weight excluding hydrogens is 474 g/mol. The highest BCUT2D eigenvalue weighted by Gasteiger charge is 2.38. The molecule has 0 saturated carbocycles. The fourth-order valence-electron chi connectivity index (χ4n) is 4.47. The van der Waals surface area contributed by atoms with Crippen molar-refractivity contribution < 1.29 is 9.90 Å². The topological polar surface area (TPSA) is 88.6 Å². The van der Waals surface area contributed by atoms with Gasteiger partial charge in [0.15, 0.2) is 5.60 Å². The van der Waals surface area contributed by atoms with Gasteiger partial charge < -0.3 is 20.3 Å². The third kappa shape index (κ3) is 4.21. The summed E-state index contributed by atoms with van der Waals surface area (Å²) in [6.07, 6.45) is 3.58. The summed E-state index contributed by atoms with van der Waals surface area (Å²) in [5.41, 5.74) is 7.94. The molecule has 1 atom stereocenters. The number of hydrogen-bond donors (Lipinski definition) is 2. The number of rotatable bonds is 7. The number of fused-ring (bicyclic) bond motifs is 1. The van der Waals surface area contributed by atoms with Crippen LogP contribution in [0.2, 0.25) is 5.02 Å². The molecule has 7 heteroatoms. The predicted octanol–water partition coefficient (Wildman–Crippen LogP) is 4.78. The summed E-state index contributed by atoms with van der Waals surface area (Å²) in [7, 11) is 3.42. The number of hydrogen-bond acceptors (Lipinski definition) is 5. The van der Waals surface area contributed by atoms with E-state index in [1.165, 1.54) is 12.4 Å². The van der Waals surface area contributed by atoms with Gasteiger partial charge in [0.2, 0.25) is 0 Å². The number of aliphatic hydroxyl groups is 1. The largest absolute Gasteiger partial charge is 0.403 e. The number of likely N-dealkylation sites (N-methyl/N-ethyl adjacent to an activating group) is 1. The number of benzene rings is 3. The first kappa shape index (κ1) is 25.0. The normalized spacial score (nSPS) is 13.3. The molecule has 182 valence electrons. The van der Waals surface area contributed by atoms with Crippen LogP contribution in [0.15, 0.2) is 102 Å². The van der Waals surface area contributed by atoms with Gasteiger partial charge in [0, 0.05) is 42.3 Å². The second kappa shape index (κ2) is 9.85. The number of nitrogens with two attached hydrogens (primary N) is 1. The van der Waals surface area contributed by atoms with Gasteiger partial charge in [0.05, 0.1) is 11.2 Å². The number of carbonyl (C=O) groups excluding carboxylic acids is 1. The second-order valence-corrected chi connectivity index (χ2v) is 8.93. The smallest absolute Gasteiger partial charge is 0.251 e. The Balaban J connectivity index is 2.10. The molecule has 1 heterocycles. The highest BCUT2D eigenvalue weighted by molar-refractivity contribution is 6.30. The Hall–Kier alpha value is -4.13. The van der Waals surface area contributed by atoms with Gasteiger partial charge in [-0.05, 0) is 58.8 Å². The molecule has 0 aliphatic heterocycles. The van der Waals surface area contributed by atoms with Crippen molar-refractivity contribution in [2.45, 2.75) is 5.60 Å². The summed E-state index contributed by atoms with van der Waals surface area (Å²) in [5, 5.41) is 13.7. The maximum absolute atomic E-state index is 12.8. The molecule has 0 saturated heterocycles. The van der Waals surface area contributed by atoms with Crippen molar-refractivity contribution in [3.8, 4) is 11.1 Å². The summed E-state index contributed by atoms with van der Waals surface area (Å²) < 4.78 is 1.55. The molecule has 3 aromatic carbocycles. The third-order valence-electron chi connectivity index (χ3n) is 6.42. The van der Waals surface area contributed by atoms with Crippen LogP contribution >= 0.6 is 11.6 Å². The Labute approximate surface area is 214 Å². The molecule has 36 heavy (non-hydrogen) atoms. The van der Waals surface area contributed by atoms with Crippen molar-refractivity contribution in [3.05, 3.63) is 130 Å².